The molecule has 7 rings (SSSR count). The minimum Gasteiger partial charge on any atom is -0.270 e. The largest absolute Gasteiger partial charge is 0.270 e. The van der Waals surface area contributed by atoms with Crippen LogP contribution in [0.1, 0.15) is 83.5 Å². The van der Waals surface area contributed by atoms with Gasteiger partial charge in [-0.3, -0.25) is 4.99 Å². The highest BCUT2D eigenvalue weighted by Gasteiger charge is 2.35. The average Bonchev–Trinajstić information content (AvgIpc) is 3.59. The van der Waals surface area contributed by atoms with Gasteiger partial charge in [-0.15, -0.1) is 0 Å². The molecule has 0 bridgehead atoms. The molecule has 0 spiro atoms. The van der Waals surface area contributed by atoms with Gasteiger partial charge in [0.15, 0.2) is 0 Å². The molecule has 1 unspecified atom stereocenters. The summed E-state index contributed by atoms with van der Waals surface area (Å²) >= 11 is 0. The Labute approximate surface area is 268 Å². The molecule has 1 atom stereocenters. The SMILES string of the molecule is C=C1C=CCc2cccc3c(C(Cc4cccc5c4C4=C(CC=C4)C5)=NC(/C=C\CCC)=NC)c4c(c1c23)C(/C=C\C=C/C)C4. The Hall–Kier alpha value is -4.56. The van der Waals surface area contributed by atoms with E-state index in [1.807, 2.05) is 7.05 Å². The van der Waals surface area contributed by atoms with Gasteiger partial charge in [-0.05, 0) is 106 Å². The van der Waals surface area contributed by atoms with E-state index in [4.69, 9.17) is 4.99 Å². The zero-order valence-electron chi connectivity index (χ0n) is 26.9. The molecule has 0 amide bonds. The number of hydrogen-bond donors (Lipinski definition) is 0. The zero-order valence-corrected chi connectivity index (χ0v) is 26.9. The quantitative estimate of drug-likeness (QED) is 0.143. The normalized spacial score (nSPS) is 18.9. The van der Waals surface area contributed by atoms with Crippen molar-refractivity contribution in [3.05, 3.63) is 154 Å². The third kappa shape index (κ3) is 5.17. The van der Waals surface area contributed by atoms with Gasteiger partial charge in [0.1, 0.15) is 5.84 Å². The Kier molecular flexibility index (Phi) is 8.06. The van der Waals surface area contributed by atoms with E-state index in [1.165, 1.54) is 60.9 Å². The maximum Gasteiger partial charge on any atom is 0.146 e. The lowest BCUT2D eigenvalue weighted by molar-refractivity contribution is 0.730. The number of amidine groups is 1. The first-order chi connectivity index (χ1) is 22.1. The topological polar surface area (TPSA) is 24.7 Å². The van der Waals surface area contributed by atoms with Gasteiger partial charge in [0, 0.05) is 24.9 Å². The molecule has 4 aliphatic carbocycles. The Balaban J connectivity index is 1.48. The van der Waals surface area contributed by atoms with Crippen LogP contribution in [0.25, 0.3) is 21.9 Å². The maximum absolute atomic E-state index is 5.45. The molecule has 0 aromatic heterocycles. The van der Waals surface area contributed by atoms with Gasteiger partial charge < -0.3 is 0 Å². The molecule has 0 radical (unpaired) electrons. The monoisotopic (exact) mass is 586 g/mol. The van der Waals surface area contributed by atoms with E-state index in [-0.39, 0.29) is 0 Å². The number of allylic oxidation sites excluding steroid dienone is 12. The van der Waals surface area contributed by atoms with Crippen LogP contribution in [-0.2, 0) is 25.7 Å². The first-order valence-corrected chi connectivity index (χ1v) is 16.6. The standard InChI is InChI=1S/C43H42N2/c1-5-7-9-16-32-26-36-42(32)39-28(3)15-11-17-29-18-13-23-35(41(29)39)43(36)37(45-38(44-4)24-10-8-6-2)27-33-21-12-20-31-25-30-19-14-22-34(30)40(31)33/h5,7,9-16,18,20-24,32H,3,6,8,17,19,25-27H2,1-2,4H3/b7-5-,16-9-,24-10-,44-38?,45-37?. The van der Waals surface area contributed by atoms with Crippen molar-refractivity contribution in [2.24, 2.45) is 9.98 Å². The van der Waals surface area contributed by atoms with Gasteiger partial charge in [-0.2, -0.15) is 0 Å². The molecule has 0 fully saturated rings. The van der Waals surface area contributed by atoms with Crippen molar-refractivity contribution in [3.8, 4) is 0 Å². The Bertz CT molecular complexity index is 1960. The fourth-order valence-electron chi connectivity index (χ4n) is 7.73. The second-order valence-electron chi connectivity index (χ2n) is 12.6. The van der Waals surface area contributed by atoms with E-state index in [0.29, 0.717) is 5.92 Å². The second kappa shape index (κ2) is 12.4. The third-order valence-electron chi connectivity index (χ3n) is 9.77. The number of fused-ring (bicyclic) bond motifs is 4. The molecule has 0 N–H and O–H groups in total. The van der Waals surface area contributed by atoms with Crippen LogP contribution in [-0.4, -0.2) is 18.6 Å². The second-order valence-corrected chi connectivity index (χ2v) is 12.6. The van der Waals surface area contributed by atoms with Crippen LogP contribution in [0.2, 0.25) is 0 Å². The molecular formula is C43H42N2. The smallest absolute Gasteiger partial charge is 0.146 e. The van der Waals surface area contributed by atoms with Gasteiger partial charge in [-0.1, -0.05) is 117 Å². The Morgan fingerprint density at radius 2 is 1.84 bits per heavy atom. The van der Waals surface area contributed by atoms with Crippen LogP contribution >= 0.6 is 0 Å². The van der Waals surface area contributed by atoms with E-state index >= 15 is 0 Å². The highest BCUT2D eigenvalue weighted by atomic mass is 14.9. The molecule has 0 heterocycles. The molecule has 3 aromatic rings. The number of hydrogen-bond acceptors (Lipinski definition) is 1. The molecule has 224 valence electrons. The summed E-state index contributed by atoms with van der Waals surface area (Å²) in [6.07, 6.45) is 29.2. The van der Waals surface area contributed by atoms with Crippen LogP contribution in [0.4, 0.5) is 0 Å². The van der Waals surface area contributed by atoms with Gasteiger partial charge in [0.05, 0.1) is 5.71 Å². The van der Waals surface area contributed by atoms with Crippen molar-refractivity contribution in [3.63, 3.8) is 0 Å². The van der Waals surface area contributed by atoms with Crippen LogP contribution in [0.3, 0.4) is 0 Å². The Morgan fingerprint density at radius 1 is 1.00 bits per heavy atom. The summed E-state index contributed by atoms with van der Waals surface area (Å²) in [5, 5.41) is 2.64. The summed E-state index contributed by atoms with van der Waals surface area (Å²) in [7, 11) is 1.87. The van der Waals surface area contributed by atoms with Crippen LogP contribution in [0.5, 0.6) is 0 Å². The van der Waals surface area contributed by atoms with Crippen molar-refractivity contribution in [1.82, 2.24) is 0 Å². The number of nitrogens with zero attached hydrogens (tertiary/aromatic N) is 2. The highest BCUT2D eigenvalue weighted by molar-refractivity contribution is 6.20. The number of aliphatic imine (C=N–C) groups is 2. The van der Waals surface area contributed by atoms with E-state index in [2.05, 4.69) is 123 Å². The summed E-state index contributed by atoms with van der Waals surface area (Å²) in [6.45, 7) is 8.87. The summed E-state index contributed by atoms with van der Waals surface area (Å²) in [5.41, 5.74) is 16.3. The lowest BCUT2D eigenvalue weighted by Crippen LogP contribution is -2.25. The Morgan fingerprint density at radius 3 is 2.69 bits per heavy atom. The molecule has 45 heavy (non-hydrogen) atoms. The number of benzene rings is 3. The average molecular weight is 587 g/mol. The zero-order chi connectivity index (χ0) is 30.9. The molecule has 2 heteroatoms. The van der Waals surface area contributed by atoms with E-state index < -0.39 is 0 Å². The van der Waals surface area contributed by atoms with E-state index in [1.54, 1.807) is 5.57 Å². The fraction of sp³-hybridized carbons (Fsp3) is 0.256. The summed E-state index contributed by atoms with van der Waals surface area (Å²) in [5.74, 6) is 1.14. The predicted molar refractivity (Wildman–Crippen MR) is 195 cm³/mol. The van der Waals surface area contributed by atoms with E-state index in [0.717, 1.165) is 62.1 Å². The minimum atomic E-state index is 0.355. The van der Waals surface area contributed by atoms with Crippen LogP contribution in [0, 0.1) is 0 Å². The molecule has 0 aliphatic heterocycles. The molecule has 4 aliphatic rings. The summed E-state index contributed by atoms with van der Waals surface area (Å²) in [6, 6.07) is 13.7. The van der Waals surface area contributed by atoms with Crippen LogP contribution < -0.4 is 0 Å². The van der Waals surface area contributed by atoms with Gasteiger partial charge in [-0.25, -0.2) is 4.99 Å². The lowest BCUT2D eigenvalue weighted by Gasteiger charge is -2.36. The van der Waals surface area contributed by atoms with Gasteiger partial charge in [0.25, 0.3) is 0 Å². The summed E-state index contributed by atoms with van der Waals surface area (Å²) in [4.78, 5) is 10.1. The predicted octanol–water partition coefficient (Wildman–Crippen LogP) is 10.4. The van der Waals surface area contributed by atoms with Gasteiger partial charge >= 0.3 is 0 Å². The van der Waals surface area contributed by atoms with Crippen molar-refractivity contribution in [2.45, 2.75) is 64.7 Å². The molecule has 2 nitrogen and oxygen atoms in total. The summed E-state index contributed by atoms with van der Waals surface area (Å²) < 4.78 is 0. The maximum atomic E-state index is 5.45. The first-order valence-electron chi connectivity index (χ1n) is 16.6. The highest BCUT2D eigenvalue weighted by Crippen LogP contribution is 2.50. The third-order valence-corrected chi connectivity index (χ3v) is 9.77. The van der Waals surface area contributed by atoms with Gasteiger partial charge in [0.2, 0.25) is 0 Å². The van der Waals surface area contributed by atoms with Crippen molar-refractivity contribution >= 4 is 33.5 Å². The van der Waals surface area contributed by atoms with Crippen molar-refractivity contribution in [2.75, 3.05) is 7.05 Å². The lowest BCUT2D eigenvalue weighted by atomic mass is 9.68. The van der Waals surface area contributed by atoms with Crippen molar-refractivity contribution < 1.29 is 0 Å². The molecular weight excluding hydrogens is 544 g/mol. The number of rotatable bonds is 8. The minimum absolute atomic E-state index is 0.355. The molecule has 3 aromatic carbocycles. The number of unbranched alkanes of at least 4 members (excludes halogenated alkanes) is 1. The molecule has 0 saturated carbocycles. The molecule has 0 saturated heterocycles. The van der Waals surface area contributed by atoms with Crippen LogP contribution in [0.15, 0.2) is 119 Å². The first kappa shape index (κ1) is 29.2. The van der Waals surface area contributed by atoms with Crippen molar-refractivity contribution in [1.29, 1.82) is 0 Å². The van der Waals surface area contributed by atoms with E-state index in [9.17, 15) is 0 Å². The fourth-order valence-corrected chi connectivity index (χ4v) is 7.73.